The zero-order valence-corrected chi connectivity index (χ0v) is 15.9. The van der Waals surface area contributed by atoms with Crippen molar-refractivity contribution in [2.24, 2.45) is 11.8 Å². The van der Waals surface area contributed by atoms with Gasteiger partial charge in [-0.15, -0.1) is 0 Å². The first-order chi connectivity index (χ1) is 8.86. The lowest BCUT2D eigenvalue weighted by atomic mass is 10.2. The second-order valence-corrected chi connectivity index (χ2v) is 15.7. The highest BCUT2D eigenvalue weighted by Gasteiger charge is 2.77. The molecule has 0 saturated heterocycles. The summed E-state index contributed by atoms with van der Waals surface area (Å²) in [7, 11) is -1.22. The van der Waals surface area contributed by atoms with Crippen molar-refractivity contribution in [3.05, 3.63) is 24.3 Å². The first-order valence-electron chi connectivity index (χ1n) is 8.10. The fraction of sp³-hybridized carbons (Fsp3) is 0.789. The van der Waals surface area contributed by atoms with Crippen molar-refractivity contribution in [2.45, 2.75) is 83.4 Å². The molecule has 0 heterocycles. The van der Waals surface area contributed by atoms with Gasteiger partial charge in [-0.2, -0.15) is 0 Å². The minimum atomic E-state index is -1.22. The summed E-state index contributed by atoms with van der Waals surface area (Å²) in [6.45, 7) is 22.6. The molecule has 1 saturated carbocycles. The van der Waals surface area contributed by atoms with E-state index >= 15 is 0 Å². The van der Waals surface area contributed by atoms with Gasteiger partial charge in [0.25, 0.3) is 0 Å². The fourth-order valence-corrected chi connectivity index (χ4v) is 16.3. The third-order valence-corrected chi connectivity index (χ3v) is 13.4. The van der Waals surface area contributed by atoms with Crippen LogP contribution in [0.4, 0.5) is 0 Å². The van der Waals surface area contributed by atoms with Gasteiger partial charge in [0.2, 0.25) is 0 Å². The van der Waals surface area contributed by atoms with Gasteiger partial charge in [-0.1, -0.05) is 24.3 Å². The van der Waals surface area contributed by atoms with Crippen LogP contribution in [0.15, 0.2) is 24.3 Å². The molecule has 2 rings (SSSR count). The van der Waals surface area contributed by atoms with Crippen LogP contribution in [0.3, 0.4) is 0 Å². The molecule has 2 aliphatic carbocycles. The predicted molar refractivity (Wildman–Crippen MR) is 95.2 cm³/mol. The summed E-state index contributed by atoms with van der Waals surface area (Å²) in [5.41, 5.74) is 0.887. The van der Waals surface area contributed by atoms with Crippen LogP contribution in [0.2, 0.25) is 0 Å². The van der Waals surface area contributed by atoms with E-state index in [-0.39, 0.29) is 0 Å². The van der Waals surface area contributed by atoms with E-state index in [4.69, 9.17) is 0 Å². The maximum atomic E-state index is 2.51. The zero-order valence-electron chi connectivity index (χ0n) is 15.0. The highest BCUT2D eigenvalue weighted by Crippen LogP contribution is 2.91. The van der Waals surface area contributed by atoms with Gasteiger partial charge in [-0.25, -0.2) is 0 Å². The van der Waals surface area contributed by atoms with Crippen LogP contribution in [0, 0.1) is 11.8 Å². The molecule has 1 heteroatoms. The largest absolute Gasteiger partial charge is 0.0852 e. The third-order valence-electron chi connectivity index (χ3n) is 5.49. The number of hydrogen-bond donors (Lipinski definition) is 0. The Balaban J connectivity index is 2.61. The van der Waals surface area contributed by atoms with Gasteiger partial charge >= 0.3 is 0 Å². The zero-order chi connectivity index (χ0) is 15.6. The van der Waals surface area contributed by atoms with E-state index in [0.717, 1.165) is 17.5 Å². The van der Waals surface area contributed by atoms with Crippen molar-refractivity contribution >= 4 is 7.26 Å². The van der Waals surface area contributed by atoms with E-state index in [2.05, 4.69) is 86.6 Å². The van der Waals surface area contributed by atoms with Gasteiger partial charge in [0, 0.05) is 19.1 Å². The highest BCUT2D eigenvalue weighted by atomic mass is 31.2. The van der Waals surface area contributed by atoms with Gasteiger partial charge in [-0.05, 0) is 62.3 Å². The van der Waals surface area contributed by atoms with E-state index in [9.17, 15) is 0 Å². The molecule has 1 unspecified atom stereocenters. The summed E-state index contributed by atoms with van der Waals surface area (Å²) < 4.78 is 0. The van der Waals surface area contributed by atoms with E-state index in [1.54, 1.807) is 0 Å². The van der Waals surface area contributed by atoms with Gasteiger partial charge in [0.05, 0.1) is 21.1 Å². The molecule has 0 N–H and O–H groups in total. The molecule has 0 amide bonds. The predicted octanol–water partition coefficient (Wildman–Crippen LogP) is 6.14. The number of allylic oxidation sites excluding steroid dienone is 4. The van der Waals surface area contributed by atoms with Crippen molar-refractivity contribution in [2.75, 3.05) is 0 Å². The monoisotopic (exact) mass is 293 g/mol. The van der Waals surface area contributed by atoms with Gasteiger partial charge in [0.15, 0.2) is 0 Å². The molecular formula is C19H34P+. The van der Waals surface area contributed by atoms with Gasteiger partial charge < -0.3 is 0 Å². The minimum Gasteiger partial charge on any atom is -0.0768 e. The SMILES string of the molecule is CC(C)(C)[P+](C1[C@H]2C=CC=C[C@@H]12)(C(C)(C)C)C(C)(C)C. The molecule has 0 radical (unpaired) electrons. The maximum Gasteiger partial charge on any atom is 0.0852 e. The molecule has 20 heavy (non-hydrogen) atoms. The lowest BCUT2D eigenvalue weighted by Crippen LogP contribution is -2.46. The Hall–Kier alpha value is -0.0900. The summed E-state index contributed by atoms with van der Waals surface area (Å²) in [6, 6.07) is 0. The lowest BCUT2D eigenvalue weighted by Gasteiger charge is -2.55. The number of fused-ring (bicyclic) bond motifs is 1. The molecule has 2 aliphatic rings. The summed E-state index contributed by atoms with van der Waals surface area (Å²) in [5, 5.41) is 1.19. The van der Waals surface area contributed by atoms with Crippen LogP contribution in [-0.2, 0) is 0 Å². The Kier molecular flexibility index (Phi) is 3.63. The van der Waals surface area contributed by atoms with Crippen molar-refractivity contribution in [3.8, 4) is 0 Å². The average Bonchev–Trinajstić information content (AvgIpc) is 2.87. The second-order valence-electron chi connectivity index (χ2n) is 9.65. The molecule has 114 valence electrons. The van der Waals surface area contributed by atoms with Crippen LogP contribution in [-0.4, -0.2) is 21.1 Å². The van der Waals surface area contributed by atoms with Gasteiger partial charge in [-0.3, -0.25) is 0 Å². The normalized spacial score (nSPS) is 30.4. The van der Waals surface area contributed by atoms with Crippen molar-refractivity contribution < 1.29 is 0 Å². The third kappa shape index (κ3) is 2.06. The van der Waals surface area contributed by atoms with E-state index in [1.165, 1.54) is 0 Å². The molecule has 0 aliphatic heterocycles. The quantitative estimate of drug-likeness (QED) is 0.509. The Bertz CT molecular complexity index is 380. The standard InChI is InChI=1S/C19H34P/c1-17(2,3)20(18(4,5)6,19(7,8)9)16-14-12-10-11-13-15(14)16/h10-16H,1-9H3/q+1/t14-,15+,16?. The Morgan fingerprint density at radius 1 is 0.600 bits per heavy atom. The summed E-state index contributed by atoms with van der Waals surface area (Å²) in [5.74, 6) is 1.62. The molecule has 1 fully saturated rings. The van der Waals surface area contributed by atoms with E-state index in [0.29, 0.717) is 15.5 Å². The Labute approximate surface area is 127 Å². The van der Waals surface area contributed by atoms with Crippen LogP contribution >= 0.6 is 7.26 Å². The first kappa shape index (κ1) is 16.3. The van der Waals surface area contributed by atoms with Crippen LogP contribution in [0.1, 0.15) is 62.3 Å². The summed E-state index contributed by atoms with van der Waals surface area (Å²) >= 11 is 0. The Morgan fingerprint density at radius 3 is 1.15 bits per heavy atom. The average molecular weight is 293 g/mol. The Morgan fingerprint density at radius 2 is 0.900 bits per heavy atom. The van der Waals surface area contributed by atoms with E-state index in [1.807, 2.05) is 0 Å². The molecule has 0 bridgehead atoms. The van der Waals surface area contributed by atoms with Gasteiger partial charge in [0.1, 0.15) is 0 Å². The topological polar surface area (TPSA) is 0 Å². The maximum absolute atomic E-state index is 2.51. The van der Waals surface area contributed by atoms with Crippen molar-refractivity contribution in [1.29, 1.82) is 0 Å². The first-order valence-corrected chi connectivity index (χ1v) is 9.95. The van der Waals surface area contributed by atoms with Crippen molar-refractivity contribution in [3.63, 3.8) is 0 Å². The van der Waals surface area contributed by atoms with Crippen LogP contribution < -0.4 is 0 Å². The van der Waals surface area contributed by atoms with Crippen molar-refractivity contribution in [1.82, 2.24) is 0 Å². The van der Waals surface area contributed by atoms with Crippen LogP contribution in [0.25, 0.3) is 0 Å². The second kappa shape index (κ2) is 4.45. The molecule has 0 aromatic rings. The molecule has 3 atom stereocenters. The number of rotatable bonds is 1. The molecule has 0 aromatic heterocycles. The molecule has 0 spiro atoms. The molecule has 0 nitrogen and oxygen atoms in total. The number of hydrogen-bond acceptors (Lipinski definition) is 0. The summed E-state index contributed by atoms with van der Waals surface area (Å²) in [4.78, 5) is 0. The fourth-order valence-electron chi connectivity index (χ4n) is 6.09. The smallest absolute Gasteiger partial charge is 0.0768 e. The minimum absolute atomic E-state index is 0.396. The summed E-state index contributed by atoms with van der Waals surface area (Å²) in [6.07, 6.45) is 9.49. The molecule has 0 aromatic carbocycles. The highest BCUT2D eigenvalue weighted by molar-refractivity contribution is 7.81. The lowest BCUT2D eigenvalue weighted by molar-refractivity contribution is 0.610. The molecular weight excluding hydrogens is 259 g/mol. The van der Waals surface area contributed by atoms with E-state index < -0.39 is 7.26 Å². The van der Waals surface area contributed by atoms with Crippen LogP contribution in [0.5, 0.6) is 0 Å².